The number of benzene rings is 1. The number of rotatable bonds is 1. The predicted octanol–water partition coefficient (Wildman–Crippen LogP) is 3.04. The van der Waals surface area contributed by atoms with Crippen LogP contribution in [-0.4, -0.2) is 11.3 Å². The Morgan fingerprint density at radius 3 is 3.00 bits per heavy atom. The molecule has 0 spiro atoms. The van der Waals surface area contributed by atoms with Crippen LogP contribution in [0.4, 0.5) is 0 Å². The molecule has 1 aromatic carbocycles. The molecule has 3 rings (SSSR count). The maximum absolute atomic E-state index is 10.6. The number of para-hydroxylation sites is 1. The third kappa shape index (κ3) is 1.03. The summed E-state index contributed by atoms with van der Waals surface area (Å²) in [5.74, 6) is 0. The number of nitrogens with one attached hydrogen (secondary N) is 1. The molecule has 1 N–H and O–H groups in total. The summed E-state index contributed by atoms with van der Waals surface area (Å²) >= 11 is 0. The van der Waals surface area contributed by atoms with Crippen LogP contribution in [0, 0.1) is 6.92 Å². The number of aryl methyl sites for hydroxylation is 1. The van der Waals surface area contributed by atoms with E-state index >= 15 is 0 Å². The van der Waals surface area contributed by atoms with Crippen LogP contribution in [0.1, 0.15) is 16.1 Å². The third-order valence-corrected chi connectivity index (χ3v) is 2.64. The highest BCUT2D eigenvalue weighted by atomic mass is 16.3. The summed E-state index contributed by atoms with van der Waals surface area (Å²) in [6.07, 6.45) is 0.789. The minimum absolute atomic E-state index is 0.548. The van der Waals surface area contributed by atoms with Crippen LogP contribution in [0.3, 0.4) is 0 Å². The first-order chi connectivity index (χ1) is 7.29. The molecule has 0 aliphatic heterocycles. The summed E-state index contributed by atoms with van der Waals surface area (Å²) in [5.41, 5.74) is 3.20. The average molecular weight is 199 g/mol. The zero-order chi connectivity index (χ0) is 10.4. The van der Waals surface area contributed by atoms with Gasteiger partial charge in [0.25, 0.3) is 0 Å². The second-order valence-electron chi connectivity index (χ2n) is 3.64. The van der Waals surface area contributed by atoms with Crippen LogP contribution in [0.15, 0.2) is 28.7 Å². The molecule has 0 unspecified atom stereocenters. The van der Waals surface area contributed by atoms with Crippen LogP contribution >= 0.6 is 0 Å². The fourth-order valence-electron chi connectivity index (χ4n) is 1.90. The zero-order valence-electron chi connectivity index (χ0n) is 8.20. The van der Waals surface area contributed by atoms with E-state index in [1.54, 1.807) is 0 Å². The summed E-state index contributed by atoms with van der Waals surface area (Å²) in [5, 5.41) is 2.02. The molecule has 3 aromatic rings. The lowest BCUT2D eigenvalue weighted by Crippen LogP contribution is -1.76. The normalized spacial score (nSPS) is 11.3. The minimum Gasteiger partial charge on any atom is -0.439 e. The molecular formula is C12H9NO2. The van der Waals surface area contributed by atoms with Gasteiger partial charge < -0.3 is 9.40 Å². The number of carbonyl (C=O) groups excluding carboxylic acids is 1. The number of hydrogen-bond donors (Lipinski definition) is 1. The van der Waals surface area contributed by atoms with Gasteiger partial charge in [-0.05, 0) is 18.6 Å². The molecular weight excluding hydrogens is 190 g/mol. The largest absolute Gasteiger partial charge is 0.439 e. The smallest absolute Gasteiger partial charge is 0.206 e. The molecule has 0 saturated carbocycles. The van der Waals surface area contributed by atoms with Gasteiger partial charge in [0.1, 0.15) is 5.58 Å². The van der Waals surface area contributed by atoms with E-state index < -0.39 is 0 Å². The van der Waals surface area contributed by atoms with E-state index in [0.717, 1.165) is 28.2 Å². The second kappa shape index (κ2) is 2.73. The number of furan rings is 1. The molecule has 0 radical (unpaired) electrons. The van der Waals surface area contributed by atoms with Crippen molar-refractivity contribution in [3.63, 3.8) is 0 Å². The monoisotopic (exact) mass is 199 g/mol. The van der Waals surface area contributed by atoms with Gasteiger partial charge in [-0.15, -0.1) is 0 Å². The Labute approximate surface area is 85.7 Å². The Bertz CT molecular complexity index is 661. The second-order valence-corrected chi connectivity index (χ2v) is 3.64. The first kappa shape index (κ1) is 8.29. The number of aldehydes is 1. The first-order valence-corrected chi connectivity index (χ1v) is 4.75. The third-order valence-electron chi connectivity index (χ3n) is 2.64. The molecule has 0 amide bonds. The van der Waals surface area contributed by atoms with Gasteiger partial charge in [0.2, 0.25) is 5.71 Å². The summed E-state index contributed by atoms with van der Waals surface area (Å²) < 4.78 is 5.65. The van der Waals surface area contributed by atoms with Crippen LogP contribution in [0.5, 0.6) is 0 Å². The summed E-state index contributed by atoms with van der Waals surface area (Å²) in [6, 6.07) is 7.80. The van der Waals surface area contributed by atoms with E-state index in [4.69, 9.17) is 4.42 Å². The number of aromatic amines is 1. The molecule has 0 bridgehead atoms. The summed E-state index contributed by atoms with van der Waals surface area (Å²) in [6.45, 7) is 2.01. The molecule has 2 heterocycles. The lowest BCUT2D eigenvalue weighted by atomic mass is 10.1. The zero-order valence-corrected chi connectivity index (χ0v) is 8.20. The Balaban J connectivity index is 2.50. The fraction of sp³-hybridized carbons (Fsp3) is 0.0833. The van der Waals surface area contributed by atoms with E-state index in [1.807, 2.05) is 31.2 Å². The van der Waals surface area contributed by atoms with E-state index in [9.17, 15) is 4.79 Å². The topological polar surface area (TPSA) is 46.0 Å². The first-order valence-electron chi connectivity index (χ1n) is 4.75. The van der Waals surface area contributed by atoms with Gasteiger partial charge in [-0.2, -0.15) is 0 Å². The number of fused-ring (bicyclic) bond motifs is 3. The van der Waals surface area contributed by atoms with Crippen molar-refractivity contribution in [2.24, 2.45) is 0 Å². The van der Waals surface area contributed by atoms with Crippen LogP contribution < -0.4 is 0 Å². The minimum atomic E-state index is 0.548. The number of hydrogen-bond acceptors (Lipinski definition) is 2. The quantitative estimate of drug-likeness (QED) is 0.612. The SMILES string of the molecule is Cc1cccc2c1oc1[nH]c(C=O)cc12. The van der Waals surface area contributed by atoms with Crippen molar-refractivity contribution in [1.82, 2.24) is 4.98 Å². The van der Waals surface area contributed by atoms with Crippen molar-refractivity contribution >= 4 is 28.4 Å². The molecule has 0 fully saturated rings. The highest BCUT2D eigenvalue weighted by molar-refractivity contribution is 6.06. The highest BCUT2D eigenvalue weighted by Crippen LogP contribution is 2.30. The van der Waals surface area contributed by atoms with E-state index in [0.29, 0.717) is 11.4 Å². The maximum atomic E-state index is 10.6. The Morgan fingerprint density at radius 1 is 1.33 bits per heavy atom. The maximum Gasteiger partial charge on any atom is 0.206 e. The van der Waals surface area contributed by atoms with Crippen LogP contribution in [0.2, 0.25) is 0 Å². The Morgan fingerprint density at radius 2 is 2.20 bits per heavy atom. The van der Waals surface area contributed by atoms with Gasteiger partial charge >= 0.3 is 0 Å². The predicted molar refractivity (Wildman–Crippen MR) is 58.2 cm³/mol. The van der Waals surface area contributed by atoms with Crippen molar-refractivity contribution in [3.8, 4) is 0 Å². The molecule has 74 valence electrons. The molecule has 3 heteroatoms. The molecule has 3 nitrogen and oxygen atoms in total. The lowest BCUT2D eigenvalue weighted by Gasteiger charge is -1.92. The number of aromatic nitrogens is 1. The van der Waals surface area contributed by atoms with Crippen molar-refractivity contribution in [2.75, 3.05) is 0 Å². The van der Waals surface area contributed by atoms with Crippen LogP contribution in [-0.2, 0) is 0 Å². The fourth-order valence-corrected chi connectivity index (χ4v) is 1.90. The number of H-pyrrole nitrogens is 1. The Hall–Kier alpha value is -2.03. The van der Waals surface area contributed by atoms with Crippen molar-refractivity contribution in [2.45, 2.75) is 6.92 Å². The van der Waals surface area contributed by atoms with E-state index in [2.05, 4.69) is 4.98 Å². The van der Waals surface area contributed by atoms with E-state index in [-0.39, 0.29) is 0 Å². The van der Waals surface area contributed by atoms with Crippen molar-refractivity contribution < 1.29 is 9.21 Å². The molecule has 2 aromatic heterocycles. The molecule has 0 aliphatic carbocycles. The average Bonchev–Trinajstić information content (AvgIpc) is 2.76. The molecule has 0 aliphatic rings. The standard InChI is InChI=1S/C12H9NO2/c1-7-3-2-4-9-10-5-8(6-14)13-12(10)15-11(7)9/h2-6,13H,1H3. The van der Waals surface area contributed by atoms with Gasteiger partial charge in [-0.1, -0.05) is 18.2 Å². The van der Waals surface area contributed by atoms with Crippen LogP contribution in [0.25, 0.3) is 22.1 Å². The van der Waals surface area contributed by atoms with Gasteiger partial charge in [0.05, 0.1) is 5.69 Å². The molecule has 0 atom stereocenters. The summed E-state index contributed by atoms with van der Waals surface area (Å²) in [7, 11) is 0. The van der Waals surface area contributed by atoms with Crippen molar-refractivity contribution in [1.29, 1.82) is 0 Å². The summed E-state index contributed by atoms with van der Waals surface area (Å²) in [4.78, 5) is 13.5. The molecule has 0 saturated heterocycles. The van der Waals surface area contributed by atoms with Gasteiger partial charge in [0.15, 0.2) is 6.29 Å². The van der Waals surface area contributed by atoms with Crippen molar-refractivity contribution in [3.05, 3.63) is 35.5 Å². The van der Waals surface area contributed by atoms with Gasteiger partial charge in [0, 0.05) is 10.8 Å². The van der Waals surface area contributed by atoms with E-state index in [1.165, 1.54) is 0 Å². The Kier molecular flexibility index (Phi) is 1.51. The molecule has 15 heavy (non-hydrogen) atoms. The van der Waals surface area contributed by atoms with Gasteiger partial charge in [-0.25, -0.2) is 0 Å². The lowest BCUT2D eigenvalue weighted by molar-refractivity contribution is 0.111. The number of carbonyl (C=O) groups is 1. The highest BCUT2D eigenvalue weighted by Gasteiger charge is 2.10. The van der Waals surface area contributed by atoms with Gasteiger partial charge in [-0.3, -0.25) is 4.79 Å².